The number of likely N-dealkylation sites (N-methyl/N-ethyl adjacent to an activating group) is 1. The van der Waals surface area contributed by atoms with E-state index in [1.54, 1.807) is 18.4 Å². The quantitative estimate of drug-likeness (QED) is 0.495. The van der Waals surface area contributed by atoms with E-state index in [1.807, 2.05) is 12.1 Å². The Labute approximate surface area is 160 Å². The zero-order chi connectivity index (χ0) is 18.8. The number of rotatable bonds is 10. The van der Waals surface area contributed by atoms with Gasteiger partial charge in [0.05, 0.1) is 19.7 Å². The van der Waals surface area contributed by atoms with Gasteiger partial charge in [-0.1, -0.05) is 32.0 Å². The first-order valence-electron chi connectivity index (χ1n) is 9.12. The second-order valence-electron chi connectivity index (χ2n) is 6.00. The van der Waals surface area contributed by atoms with Crippen molar-refractivity contribution in [3.8, 4) is 5.75 Å². The molecule has 0 aliphatic rings. The van der Waals surface area contributed by atoms with E-state index in [0.717, 1.165) is 31.8 Å². The maximum atomic E-state index is 6.08. The third-order valence-electron chi connectivity index (χ3n) is 4.42. The van der Waals surface area contributed by atoms with Crippen molar-refractivity contribution in [1.82, 2.24) is 10.2 Å². The van der Waals surface area contributed by atoms with Gasteiger partial charge in [0.25, 0.3) is 0 Å². The van der Waals surface area contributed by atoms with Gasteiger partial charge >= 0.3 is 0 Å². The summed E-state index contributed by atoms with van der Waals surface area (Å²) in [5.74, 6) is 1.37. The summed E-state index contributed by atoms with van der Waals surface area (Å²) >= 11 is 1.76. The van der Waals surface area contributed by atoms with E-state index >= 15 is 0 Å². The molecular weight excluding hydrogens is 344 g/mol. The first kappa shape index (κ1) is 20.3. The van der Waals surface area contributed by atoms with E-state index in [-0.39, 0.29) is 6.04 Å². The average molecular weight is 375 g/mol. The fourth-order valence-corrected chi connectivity index (χ4v) is 3.66. The lowest BCUT2D eigenvalue weighted by Gasteiger charge is -2.29. The summed E-state index contributed by atoms with van der Waals surface area (Å²) in [5.41, 5.74) is 7.28. The molecule has 1 heterocycles. The van der Waals surface area contributed by atoms with Crippen molar-refractivity contribution >= 4 is 17.3 Å². The fourth-order valence-electron chi connectivity index (χ4n) is 2.95. The second kappa shape index (κ2) is 10.8. The molecule has 3 N–H and O–H groups in total. The van der Waals surface area contributed by atoms with Crippen LogP contribution in [0.3, 0.4) is 0 Å². The van der Waals surface area contributed by atoms with Crippen molar-refractivity contribution in [1.29, 1.82) is 0 Å². The monoisotopic (exact) mass is 374 g/mol. The van der Waals surface area contributed by atoms with E-state index in [9.17, 15) is 0 Å². The third kappa shape index (κ3) is 6.04. The molecule has 0 aliphatic heterocycles. The predicted molar refractivity (Wildman–Crippen MR) is 111 cm³/mol. The predicted octanol–water partition coefficient (Wildman–Crippen LogP) is 3.29. The molecule has 1 atom stereocenters. The Morgan fingerprint density at radius 3 is 2.73 bits per heavy atom. The first-order chi connectivity index (χ1) is 12.7. The molecule has 0 saturated heterocycles. The van der Waals surface area contributed by atoms with Crippen LogP contribution >= 0.6 is 11.3 Å². The van der Waals surface area contributed by atoms with Crippen molar-refractivity contribution in [2.45, 2.75) is 26.3 Å². The van der Waals surface area contributed by atoms with Crippen LogP contribution in [0.2, 0.25) is 0 Å². The molecule has 142 valence electrons. The lowest BCUT2D eigenvalue weighted by atomic mass is 10.0. The van der Waals surface area contributed by atoms with Crippen LogP contribution in [0.5, 0.6) is 5.75 Å². The molecule has 0 aliphatic carbocycles. The van der Waals surface area contributed by atoms with Crippen LogP contribution in [-0.2, 0) is 6.42 Å². The number of guanidine groups is 1. The van der Waals surface area contributed by atoms with Crippen LogP contribution in [0.4, 0.5) is 0 Å². The number of benzene rings is 1. The van der Waals surface area contributed by atoms with E-state index in [1.165, 1.54) is 10.4 Å². The number of hydrogen-bond donors (Lipinski definition) is 2. The number of nitrogens with one attached hydrogen (secondary N) is 1. The van der Waals surface area contributed by atoms with Crippen LogP contribution in [0, 0.1) is 0 Å². The highest BCUT2D eigenvalue weighted by molar-refractivity contribution is 7.09. The second-order valence-corrected chi connectivity index (χ2v) is 7.03. The zero-order valence-electron chi connectivity index (χ0n) is 15.9. The van der Waals surface area contributed by atoms with E-state index in [0.29, 0.717) is 12.5 Å². The van der Waals surface area contributed by atoms with Crippen LogP contribution in [-0.4, -0.2) is 44.1 Å². The van der Waals surface area contributed by atoms with Gasteiger partial charge in [-0.15, -0.1) is 11.3 Å². The zero-order valence-corrected chi connectivity index (χ0v) is 16.8. The smallest absolute Gasteiger partial charge is 0.188 e. The lowest BCUT2D eigenvalue weighted by molar-refractivity contribution is 0.224. The Kier molecular flexibility index (Phi) is 8.44. The molecule has 2 rings (SSSR count). The largest absolute Gasteiger partial charge is 0.497 e. The molecular formula is C20H30N4OS. The van der Waals surface area contributed by atoms with Gasteiger partial charge in [-0.05, 0) is 48.7 Å². The number of aliphatic imine (C=N–C) groups is 1. The minimum atomic E-state index is 0.178. The molecule has 1 aromatic heterocycles. The summed E-state index contributed by atoms with van der Waals surface area (Å²) in [5, 5.41) is 5.31. The van der Waals surface area contributed by atoms with Gasteiger partial charge in [0.2, 0.25) is 0 Å². The molecule has 2 aromatic rings. The summed E-state index contributed by atoms with van der Waals surface area (Å²) in [7, 11) is 1.69. The molecule has 0 saturated carbocycles. The molecule has 0 fully saturated rings. The highest BCUT2D eigenvalue weighted by Crippen LogP contribution is 2.24. The van der Waals surface area contributed by atoms with Crippen molar-refractivity contribution in [3.63, 3.8) is 0 Å². The highest BCUT2D eigenvalue weighted by Gasteiger charge is 2.18. The topological polar surface area (TPSA) is 62.9 Å². The molecule has 1 aromatic carbocycles. The van der Waals surface area contributed by atoms with Crippen molar-refractivity contribution < 1.29 is 4.74 Å². The van der Waals surface area contributed by atoms with E-state index in [4.69, 9.17) is 10.5 Å². The van der Waals surface area contributed by atoms with Gasteiger partial charge in [-0.2, -0.15) is 0 Å². The lowest BCUT2D eigenvalue weighted by Crippen LogP contribution is -2.35. The molecule has 6 heteroatoms. The summed E-state index contributed by atoms with van der Waals surface area (Å²) in [6.45, 7) is 7.67. The molecule has 0 radical (unpaired) electrons. The Balaban J connectivity index is 2.00. The molecule has 5 nitrogen and oxygen atoms in total. The summed E-state index contributed by atoms with van der Waals surface area (Å²) in [6, 6.07) is 12.6. The normalized spacial score (nSPS) is 13.0. The van der Waals surface area contributed by atoms with Crippen LogP contribution < -0.4 is 15.8 Å². The fraction of sp³-hybridized carbons (Fsp3) is 0.450. The third-order valence-corrected chi connectivity index (χ3v) is 5.36. The number of hydrogen-bond acceptors (Lipinski definition) is 4. The Morgan fingerprint density at radius 1 is 1.27 bits per heavy atom. The number of nitrogens with two attached hydrogens (primary N) is 1. The SMILES string of the molecule is CCN(CC)C(CN=C(N)NCCc1cccs1)c1cccc(OC)c1. The molecule has 26 heavy (non-hydrogen) atoms. The summed E-state index contributed by atoms with van der Waals surface area (Å²) in [4.78, 5) is 8.33. The van der Waals surface area contributed by atoms with Gasteiger partial charge in [-0.3, -0.25) is 9.89 Å². The minimum absolute atomic E-state index is 0.178. The Morgan fingerprint density at radius 2 is 2.08 bits per heavy atom. The highest BCUT2D eigenvalue weighted by atomic mass is 32.1. The number of methoxy groups -OCH3 is 1. The first-order valence-corrected chi connectivity index (χ1v) is 10.00. The Bertz CT molecular complexity index is 668. The van der Waals surface area contributed by atoms with Gasteiger partial charge in [0, 0.05) is 11.4 Å². The molecule has 0 amide bonds. The van der Waals surface area contributed by atoms with Gasteiger partial charge in [-0.25, -0.2) is 0 Å². The maximum Gasteiger partial charge on any atom is 0.188 e. The van der Waals surface area contributed by atoms with Gasteiger partial charge < -0.3 is 15.8 Å². The number of ether oxygens (including phenoxy) is 1. The Hall–Kier alpha value is -2.05. The standard InChI is InChI=1S/C20H30N4OS/c1-4-24(5-2)19(16-8-6-9-17(14-16)25-3)15-23-20(21)22-12-11-18-10-7-13-26-18/h6-10,13-14,19H,4-5,11-12,15H2,1-3H3,(H3,21,22,23). The van der Waals surface area contributed by atoms with E-state index < -0.39 is 0 Å². The summed E-state index contributed by atoms with van der Waals surface area (Å²) in [6.07, 6.45) is 0.962. The van der Waals surface area contributed by atoms with Crippen LogP contribution in [0.1, 0.15) is 30.3 Å². The minimum Gasteiger partial charge on any atom is -0.497 e. The number of nitrogens with zero attached hydrogens (tertiary/aromatic N) is 2. The van der Waals surface area contributed by atoms with Gasteiger partial charge in [0.15, 0.2) is 5.96 Å². The van der Waals surface area contributed by atoms with Crippen LogP contribution in [0.25, 0.3) is 0 Å². The van der Waals surface area contributed by atoms with Gasteiger partial charge in [0.1, 0.15) is 5.75 Å². The molecule has 0 spiro atoms. The average Bonchev–Trinajstić information content (AvgIpc) is 3.18. The summed E-state index contributed by atoms with van der Waals surface area (Å²) < 4.78 is 5.38. The molecule has 0 bridgehead atoms. The van der Waals surface area contributed by atoms with Crippen molar-refractivity contribution in [2.75, 3.05) is 33.3 Å². The van der Waals surface area contributed by atoms with Crippen molar-refractivity contribution in [2.24, 2.45) is 10.7 Å². The van der Waals surface area contributed by atoms with Crippen LogP contribution in [0.15, 0.2) is 46.8 Å². The number of thiophene rings is 1. The van der Waals surface area contributed by atoms with E-state index in [2.05, 4.69) is 58.7 Å². The molecule has 1 unspecified atom stereocenters. The van der Waals surface area contributed by atoms with Crippen molar-refractivity contribution in [3.05, 3.63) is 52.2 Å². The maximum absolute atomic E-state index is 6.08.